The lowest BCUT2D eigenvalue weighted by atomic mass is 9.47. The number of hydrazine groups is 1. The maximum absolute atomic E-state index is 14.7. The molecule has 6 N–H and O–H groups in total. The molecule has 2 bridgehead atoms. The Morgan fingerprint density at radius 1 is 1.05 bits per heavy atom. The SMILES string of the molecule is CC[C@]1(O)C[C@H]2CN(CCc3c([nH]c4ccccc34)[C@@](C)(c3cc4c(cc3OC)N(C)[C@H]3[C@@](O)(C(=O)NNC(=O)OCCSSC)[C@H](O)[C@]5(CC)C=CCN6CC[C@]43[C@@H]65)C2)C1. The molecule has 6 heterocycles. The zero-order chi connectivity index (χ0) is 43.1. The number of aromatic amines is 1. The molecule has 9 rings (SSSR count). The van der Waals surface area contributed by atoms with Crippen molar-refractivity contribution in [1.82, 2.24) is 25.6 Å². The lowest BCUT2D eigenvalue weighted by Crippen LogP contribution is -2.82. The molecule has 2 amide bonds. The summed E-state index contributed by atoms with van der Waals surface area (Å²) in [5.74, 6) is 0.566. The standard InChI is InChI=1S/C46H62N6O7S2/c1-7-43(56)25-28-24-42(3,36-30(14-18-51(26-28)27-43)29-12-9-10-13-33(29)47-36)32-22-31-34(23-35(32)58-5)50(4)38-45(31)16-19-52-17-11-15-44(8-2,37(45)52)39(53)46(38,57)40(54)48-49-41(55)59-20-21-61-60-6/h9-13,15,22-23,28,37-39,47,53,56-57H,7-8,14,16-21,24-27H2,1-6H3,(H,48,54)(H,49,55)/t28-,37-,38+,39+,42+,43-,44+,45+,46-/m0/s1. The van der Waals surface area contributed by atoms with Crippen LogP contribution >= 0.6 is 21.6 Å². The fourth-order valence-electron chi connectivity index (χ4n) is 13.4. The summed E-state index contributed by atoms with van der Waals surface area (Å²) in [7, 11) is 6.72. The van der Waals surface area contributed by atoms with E-state index in [0.717, 1.165) is 54.0 Å². The van der Waals surface area contributed by atoms with Gasteiger partial charge in [-0.25, -0.2) is 10.2 Å². The number of hydrogen-bond acceptors (Lipinski definition) is 12. The van der Waals surface area contributed by atoms with Crippen LogP contribution in [0.1, 0.15) is 75.3 Å². The van der Waals surface area contributed by atoms with E-state index in [-0.39, 0.29) is 18.6 Å². The summed E-state index contributed by atoms with van der Waals surface area (Å²) < 4.78 is 11.7. The molecular weight excluding hydrogens is 813 g/mol. The number of aromatic nitrogens is 1. The summed E-state index contributed by atoms with van der Waals surface area (Å²) in [6.07, 6.45) is 7.74. The lowest BCUT2D eigenvalue weighted by molar-refractivity contribution is -0.204. The fraction of sp³-hybridized carbons (Fsp3) is 0.609. The molecule has 15 heteroatoms. The third kappa shape index (κ3) is 6.29. The van der Waals surface area contributed by atoms with Crippen LogP contribution in [0.15, 0.2) is 48.6 Å². The molecule has 10 atom stereocenters. The van der Waals surface area contributed by atoms with Crippen LogP contribution in [0.4, 0.5) is 10.5 Å². The van der Waals surface area contributed by atoms with Crippen LogP contribution < -0.4 is 20.5 Å². The molecular formula is C46H62N6O7S2. The largest absolute Gasteiger partial charge is 0.496 e. The van der Waals surface area contributed by atoms with Crippen molar-refractivity contribution >= 4 is 50.2 Å². The van der Waals surface area contributed by atoms with Crippen molar-refractivity contribution in [2.24, 2.45) is 11.3 Å². The van der Waals surface area contributed by atoms with Crippen molar-refractivity contribution in [2.45, 2.75) is 99.5 Å². The highest BCUT2D eigenvalue weighted by Gasteiger charge is 2.78. The summed E-state index contributed by atoms with van der Waals surface area (Å²) in [6, 6.07) is 11.8. The number of para-hydroxylation sites is 1. The third-order valence-corrected chi connectivity index (χ3v) is 17.6. The normalized spacial score (nSPS) is 36.2. The van der Waals surface area contributed by atoms with Crippen molar-refractivity contribution in [3.8, 4) is 5.75 Å². The van der Waals surface area contributed by atoms with Gasteiger partial charge < -0.3 is 34.7 Å². The second-order valence-corrected chi connectivity index (χ2v) is 21.4. The number of rotatable bonds is 9. The number of aliphatic hydroxyl groups is 3. The molecule has 2 saturated heterocycles. The van der Waals surface area contributed by atoms with Gasteiger partial charge in [0.15, 0.2) is 5.60 Å². The molecule has 3 aromatic rings. The number of likely N-dealkylation sites (N-methyl/N-ethyl adjacent to an activating group) is 1. The van der Waals surface area contributed by atoms with Crippen LogP contribution in [-0.4, -0.2) is 137 Å². The number of carbonyl (C=O) groups excluding carboxylic acids is 2. The van der Waals surface area contributed by atoms with E-state index in [1.807, 2.05) is 31.2 Å². The highest BCUT2D eigenvalue weighted by molar-refractivity contribution is 8.76. The van der Waals surface area contributed by atoms with Crippen molar-refractivity contribution < 1.29 is 34.4 Å². The maximum atomic E-state index is 14.7. The summed E-state index contributed by atoms with van der Waals surface area (Å²) in [4.78, 5) is 38.3. The molecule has 1 aromatic heterocycles. The Hall–Kier alpha value is -3.44. The first-order valence-electron chi connectivity index (χ1n) is 22.0. The number of methoxy groups -OCH3 is 1. The Bertz CT molecular complexity index is 2240. The van der Waals surface area contributed by atoms with Gasteiger partial charge in [0, 0.05) is 95.2 Å². The van der Waals surface area contributed by atoms with Gasteiger partial charge >= 0.3 is 6.09 Å². The fourth-order valence-corrected chi connectivity index (χ4v) is 14.4. The number of ether oxygens (including phenoxy) is 2. The van der Waals surface area contributed by atoms with Crippen LogP contribution in [-0.2, 0) is 26.8 Å². The molecule has 330 valence electrons. The maximum Gasteiger partial charge on any atom is 0.426 e. The Balaban J connectivity index is 1.22. The van der Waals surface area contributed by atoms with E-state index in [2.05, 4.69) is 82.0 Å². The molecule has 1 saturated carbocycles. The van der Waals surface area contributed by atoms with E-state index in [0.29, 0.717) is 56.8 Å². The molecule has 1 unspecified atom stereocenters. The van der Waals surface area contributed by atoms with Gasteiger partial charge in [0.2, 0.25) is 0 Å². The molecule has 61 heavy (non-hydrogen) atoms. The lowest BCUT2D eigenvalue weighted by Gasteiger charge is -2.63. The van der Waals surface area contributed by atoms with Gasteiger partial charge in [0.1, 0.15) is 18.5 Å². The number of anilines is 1. The minimum Gasteiger partial charge on any atom is -0.496 e. The smallest absolute Gasteiger partial charge is 0.426 e. The van der Waals surface area contributed by atoms with E-state index in [4.69, 9.17) is 9.47 Å². The first-order valence-corrected chi connectivity index (χ1v) is 24.7. The van der Waals surface area contributed by atoms with Gasteiger partial charge in [-0.1, -0.05) is 65.8 Å². The van der Waals surface area contributed by atoms with Gasteiger partial charge in [0.25, 0.3) is 5.91 Å². The molecule has 6 aliphatic rings. The number of amides is 2. The number of hydrogen-bond donors (Lipinski definition) is 6. The van der Waals surface area contributed by atoms with Crippen molar-refractivity contribution in [1.29, 1.82) is 0 Å². The van der Waals surface area contributed by atoms with E-state index in [1.165, 1.54) is 10.9 Å². The number of H-pyrrole nitrogens is 1. The first-order chi connectivity index (χ1) is 29.2. The van der Waals surface area contributed by atoms with Gasteiger partial charge in [-0.05, 0) is 87.4 Å². The zero-order valence-electron chi connectivity index (χ0n) is 36.3. The molecule has 1 aliphatic carbocycles. The summed E-state index contributed by atoms with van der Waals surface area (Å²) in [5.41, 5.74) is 5.62. The van der Waals surface area contributed by atoms with Crippen LogP contribution in [0.5, 0.6) is 5.75 Å². The molecule has 3 fully saturated rings. The van der Waals surface area contributed by atoms with Crippen LogP contribution in [0, 0.1) is 11.3 Å². The topological polar surface area (TPSA) is 163 Å². The van der Waals surface area contributed by atoms with Gasteiger partial charge in [-0.15, -0.1) is 0 Å². The number of carbonyl (C=O) groups is 2. The average Bonchev–Trinajstić information content (AvgIpc) is 3.92. The van der Waals surface area contributed by atoms with Crippen molar-refractivity contribution in [3.63, 3.8) is 0 Å². The van der Waals surface area contributed by atoms with Crippen LogP contribution in [0.25, 0.3) is 10.9 Å². The van der Waals surface area contributed by atoms with E-state index < -0.39 is 51.6 Å². The minimum atomic E-state index is -2.38. The van der Waals surface area contributed by atoms with Crippen molar-refractivity contribution in [2.75, 3.05) is 70.4 Å². The van der Waals surface area contributed by atoms with Crippen molar-refractivity contribution in [3.05, 3.63) is 70.9 Å². The summed E-state index contributed by atoms with van der Waals surface area (Å²) in [6.45, 7) is 10.4. The second kappa shape index (κ2) is 15.7. The molecule has 2 aromatic carbocycles. The number of nitrogens with one attached hydrogen (secondary N) is 3. The quantitative estimate of drug-likeness (QED) is 0.0751. The van der Waals surface area contributed by atoms with E-state index >= 15 is 0 Å². The average molecular weight is 875 g/mol. The highest BCUT2D eigenvalue weighted by Crippen LogP contribution is 2.67. The Labute approximate surface area is 366 Å². The highest BCUT2D eigenvalue weighted by atomic mass is 33.1. The van der Waals surface area contributed by atoms with Crippen LogP contribution in [0.3, 0.4) is 0 Å². The monoisotopic (exact) mass is 874 g/mol. The third-order valence-electron chi connectivity index (χ3n) is 15.8. The minimum absolute atomic E-state index is 0.146. The van der Waals surface area contributed by atoms with E-state index in [1.54, 1.807) is 28.7 Å². The Kier molecular flexibility index (Phi) is 11.0. The predicted octanol–water partition coefficient (Wildman–Crippen LogP) is 4.86. The number of piperidine rings is 1. The molecule has 5 aliphatic heterocycles. The van der Waals surface area contributed by atoms with Gasteiger partial charge in [0.05, 0.1) is 18.8 Å². The van der Waals surface area contributed by atoms with Crippen LogP contribution in [0.2, 0.25) is 0 Å². The number of aliphatic hydroxyl groups excluding tert-OH is 1. The van der Waals surface area contributed by atoms with Gasteiger partial charge in [-0.2, -0.15) is 0 Å². The first kappa shape index (κ1) is 42.8. The Morgan fingerprint density at radius 2 is 1.85 bits per heavy atom. The Morgan fingerprint density at radius 3 is 2.61 bits per heavy atom. The molecule has 1 spiro atoms. The number of nitrogens with zero attached hydrogens (tertiary/aromatic N) is 3. The summed E-state index contributed by atoms with van der Waals surface area (Å²) in [5, 5.41) is 39.1. The second-order valence-electron chi connectivity index (χ2n) is 18.8. The molecule has 13 nitrogen and oxygen atoms in total. The predicted molar refractivity (Wildman–Crippen MR) is 241 cm³/mol. The zero-order valence-corrected chi connectivity index (χ0v) is 37.9. The summed E-state index contributed by atoms with van der Waals surface area (Å²) >= 11 is 0. The molecule has 0 radical (unpaired) electrons. The van der Waals surface area contributed by atoms with E-state index in [9.17, 15) is 24.9 Å². The number of fused-ring (bicyclic) bond motifs is 6. The number of benzene rings is 2. The van der Waals surface area contributed by atoms with Gasteiger partial charge in [-0.3, -0.25) is 20.0 Å².